The van der Waals surface area contributed by atoms with Gasteiger partial charge in [0.15, 0.2) is 0 Å². The van der Waals surface area contributed by atoms with Gasteiger partial charge >= 0.3 is 0 Å². The van der Waals surface area contributed by atoms with Gasteiger partial charge in [-0.15, -0.1) is 11.3 Å². The van der Waals surface area contributed by atoms with Gasteiger partial charge in [-0.25, -0.2) is 0 Å². The number of pyridine rings is 1. The number of piperidine rings is 2. The Morgan fingerprint density at radius 1 is 1.13 bits per heavy atom. The second-order valence-electron chi connectivity index (χ2n) is 12.1. The molecule has 4 fully saturated rings. The van der Waals surface area contributed by atoms with E-state index < -0.39 is 0 Å². The van der Waals surface area contributed by atoms with E-state index in [-0.39, 0.29) is 35.2 Å². The van der Waals surface area contributed by atoms with Crippen LogP contribution in [0.25, 0.3) is 21.3 Å². The molecule has 0 radical (unpaired) electrons. The molecule has 0 N–H and O–H groups in total. The topological polar surface area (TPSA) is 62.7 Å². The van der Waals surface area contributed by atoms with Gasteiger partial charge in [-0.3, -0.25) is 24.4 Å². The molecule has 0 spiro atoms. The van der Waals surface area contributed by atoms with E-state index in [2.05, 4.69) is 23.7 Å². The fourth-order valence-electron chi connectivity index (χ4n) is 7.40. The van der Waals surface area contributed by atoms with Crippen LogP contribution in [0.5, 0.6) is 5.75 Å². The van der Waals surface area contributed by atoms with Crippen LogP contribution >= 0.6 is 22.9 Å². The summed E-state index contributed by atoms with van der Waals surface area (Å²) in [7, 11) is 0. The lowest BCUT2D eigenvalue weighted by atomic mass is 10.0. The zero-order valence-electron chi connectivity index (χ0n) is 22.2. The van der Waals surface area contributed by atoms with E-state index in [9.17, 15) is 9.59 Å². The standard InChI is InChI=1S/C30H32ClN3O3S/c1-5-33-13-16-9-22(33)23(10-16)37-26-15(2)8-17(31)11-20(26)19-6-7-32-21-12-18(38-27(19)21)14-34-28(35)24-25(29(34)36)30(24,3)4/h6-8,11-12,16,22-25H,5,9-10,13-14H2,1-4H3/t16-,22+,23+,24?,25?/m0/s1. The summed E-state index contributed by atoms with van der Waals surface area (Å²) in [4.78, 5) is 35.4. The molecule has 2 aliphatic heterocycles. The van der Waals surface area contributed by atoms with Gasteiger partial charge in [-0.05, 0) is 67.5 Å². The minimum Gasteiger partial charge on any atom is -0.488 e. The summed E-state index contributed by atoms with van der Waals surface area (Å²) < 4.78 is 7.84. The third-order valence-electron chi connectivity index (χ3n) is 9.40. The molecule has 2 bridgehead atoms. The Morgan fingerprint density at radius 2 is 1.89 bits per heavy atom. The first kappa shape index (κ1) is 24.6. The van der Waals surface area contributed by atoms with Crippen molar-refractivity contribution in [2.45, 2.75) is 59.2 Å². The molecule has 2 saturated heterocycles. The van der Waals surface area contributed by atoms with E-state index in [1.807, 2.05) is 44.3 Å². The largest absolute Gasteiger partial charge is 0.488 e. The maximum atomic E-state index is 12.9. The number of benzene rings is 1. The van der Waals surface area contributed by atoms with Gasteiger partial charge in [0.05, 0.1) is 28.6 Å². The number of rotatable bonds is 6. The smallest absolute Gasteiger partial charge is 0.234 e. The first-order chi connectivity index (χ1) is 18.2. The second kappa shape index (κ2) is 8.51. The van der Waals surface area contributed by atoms with Crippen molar-refractivity contribution in [3.63, 3.8) is 0 Å². The number of carbonyl (C=O) groups is 2. The van der Waals surface area contributed by atoms with Crippen molar-refractivity contribution in [3.8, 4) is 16.9 Å². The summed E-state index contributed by atoms with van der Waals surface area (Å²) in [6.07, 6.45) is 4.29. The lowest BCUT2D eigenvalue weighted by molar-refractivity contribution is -0.143. The minimum absolute atomic E-state index is 0.0382. The predicted octanol–water partition coefficient (Wildman–Crippen LogP) is 5.93. The molecule has 4 aliphatic rings. The number of ether oxygens (including phenoxy) is 1. The highest BCUT2D eigenvalue weighted by Crippen LogP contribution is 2.63. The van der Waals surface area contributed by atoms with Crippen LogP contribution in [-0.4, -0.2) is 51.8 Å². The lowest BCUT2D eigenvalue weighted by Crippen LogP contribution is -2.43. The van der Waals surface area contributed by atoms with Crippen LogP contribution in [0.4, 0.5) is 0 Å². The maximum Gasteiger partial charge on any atom is 0.234 e. The average Bonchev–Trinajstić information content (AvgIpc) is 3.39. The molecule has 7 rings (SSSR count). The monoisotopic (exact) mass is 549 g/mol. The van der Waals surface area contributed by atoms with Crippen molar-refractivity contribution in [1.29, 1.82) is 0 Å². The number of imide groups is 1. The molecule has 4 heterocycles. The number of likely N-dealkylation sites (N-methyl/N-ethyl adjacent to an activating group) is 1. The van der Waals surface area contributed by atoms with E-state index in [4.69, 9.17) is 16.3 Å². The number of aromatic nitrogens is 1. The predicted molar refractivity (Wildman–Crippen MR) is 149 cm³/mol. The van der Waals surface area contributed by atoms with Crippen molar-refractivity contribution >= 4 is 45.0 Å². The van der Waals surface area contributed by atoms with Gasteiger partial charge in [-0.2, -0.15) is 0 Å². The van der Waals surface area contributed by atoms with Gasteiger partial charge in [0.1, 0.15) is 11.9 Å². The number of carbonyl (C=O) groups excluding carboxylic acids is 2. The van der Waals surface area contributed by atoms with Crippen LogP contribution in [0, 0.1) is 30.1 Å². The molecule has 198 valence electrons. The lowest BCUT2D eigenvalue weighted by Gasteiger charge is -2.33. The molecular formula is C30H32ClN3O3S. The Labute approximate surface area is 231 Å². The molecule has 38 heavy (non-hydrogen) atoms. The van der Waals surface area contributed by atoms with Crippen LogP contribution in [0.1, 0.15) is 44.1 Å². The fourth-order valence-corrected chi connectivity index (χ4v) is 8.80. The molecule has 1 aromatic carbocycles. The van der Waals surface area contributed by atoms with Crippen LogP contribution in [0.2, 0.25) is 5.02 Å². The SMILES string of the molecule is CCN1C[C@H]2C[C@@H]1[C@H](Oc1c(C)cc(Cl)cc1-c1ccnc3cc(CN4C(=O)C5C(C4=O)C5(C)C)sc13)C2. The Kier molecular flexibility index (Phi) is 5.50. The summed E-state index contributed by atoms with van der Waals surface area (Å²) in [6, 6.07) is 8.45. The van der Waals surface area contributed by atoms with Crippen LogP contribution < -0.4 is 4.74 Å². The van der Waals surface area contributed by atoms with Gasteiger partial charge in [0.25, 0.3) is 0 Å². The van der Waals surface area contributed by atoms with Crippen LogP contribution in [0.3, 0.4) is 0 Å². The van der Waals surface area contributed by atoms with Crippen molar-refractivity contribution in [2.75, 3.05) is 13.1 Å². The highest BCUT2D eigenvalue weighted by atomic mass is 35.5. The fraction of sp³-hybridized carbons (Fsp3) is 0.500. The molecule has 2 saturated carbocycles. The van der Waals surface area contributed by atoms with E-state index in [0.717, 1.165) is 50.5 Å². The Balaban J connectivity index is 1.23. The summed E-state index contributed by atoms with van der Waals surface area (Å²) in [6.45, 7) is 10.8. The summed E-state index contributed by atoms with van der Waals surface area (Å²) >= 11 is 8.17. The molecule has 6 nitrogen and oxygen atoms in total. The van der Waals surface area contributed by atoms with Gasteiger partial charge in [-0.1, -0.05) is 32.4 Å². The van der Waals surface area contributed by atoms with Crippen molar-refractivity contribution in [2.24, 2.45) is 23.2 Å². The van der Waals surface area contributed by atoms with Crippen molar-refractivity contribution in [3.05, 3.63) is 45.9 Å². The molecule has 2 aromatic heterocycles. The first-order valence-electron chi connectivity index (χ1n) is 13.6. The van der Waals surface area contributed by atoms with Gasteiger partial charge in [0.2, 0.25) is 11.8 Å². The third kappa shape index (κ3) is 3.58. The van der Waals surface area contributed by atoms with Crippen molar-refractivity contribution in [1.82, 2.24) is 14.8 Å². The highest BCUT2D eigenvalue weighted by molar-refractivity contribution is 7.19. The van der Waals surface area contributed by atoms with E-state index in [0.29, 0.717) is 23.5 Å². The summed E-state index contributed by atoms with van der Waals surface area (Å²) in [5.41, 5.74) is 3.67. The molecular weight excluding hydrogens is 518 g/mol. The number of likely N-dealkylation sites (tertiary alicyclic amines) is 2. The quantitative estimate of drug-likeness (QED) is 0.357. The molecule has 3 aromatic rings. The molecule has 5 atom stereocenters. The average molecular weight is 550 g/mol. The maximum absolute atomic E-state index is 12.9. The zero-order chi connectivity index (χ0) is 26.5. The minimum atomic E-state index is -0.201. The third-order valence-corrected chi connectivity index (χ3v) is 10.8. The molecule has 2 aliphatic carbocycles. The Morgan fingerprint density at radius 3 is 2.61 bits per heavy atom. The van der Waals surface area contributed by atoms with Crippen LogP contribution in [-0.2, 0) is 16.1 Å². The number of hydrogen-bond donors (Lipinski definition) is 0. The number of amides is 2. The van der Waals surface area contributed by atoms with Crippen LogP contribution in [0.15, 0.2) is 30.5 Å². The summed E-state index contributed by atoms with van der Waals surface area (Å²) in [5.74, 6) is 1.19. The molecule has 2 unspecified atom stereocenters. The molecule has 8 heteroatoms. The highest BCUT2D eigenvalue weighted by Gasteiger charge is 2.72. The number of thiophene rings is 1. The van der Waals surface area contributed by atoms with E-state index in [1.165, 1.54) is 17.9 Å². The van der Waals surface area contributed by atoms with Gasteiger partial charge in [0, 0.05) is 39.8 Å². The Hall–Kier alpha value is -2.48. The number of nitrogens with zero attached hydrogens (tertiary/aromatic N) is 3. The van der Waals surface area contributed by atoms with E-state index >= 15 is 0 Å². The van der Waals surface area contributed by atoms with E-state index in [1.54, 1.807) is 11.3 Å². The number of aryl methyl sites for hydroxylation is 1. The number of halogens is 1. The summed E-state index contributed by atoms with van der Waals surface area (Å²) in [5, 5.41) is 0.671. The van der Waals surface area contributed by atoms with Gasteiger partial charge < -0.3 is 4.74 Å². The molecule has 2 amide bonds. The first-order valence-corrected chi connectivity index (χ1v) is 14.8. The number of fused-ring (bicyclic) bond motifs is 4. The van der Waals surface area contributed by atoms with Crippen molar-refractivity contribution < 1.29 is 14.3 Å². The zero-order valence-corrected chi connectivity index (χ0v) is 23.7. The number of hydrogen-bond acceptors (Lipinski definition) is 6. The Bertz CT molecular complexity index is 1480. The normalized spacial score (nSPS) is 29.5. The second-order valence-corrected chi connectivity index (χ2v) is 13.6.